The Bertz CT molecular complexity index is 981. The smallest absolute Gasteiger partial charge is 0.251 e. The molecule has 0 bridgehead atoms. The van der Waals surface area contributed by atoms with Gasteiger partial charge in [-0.25, -0.2) is 0 Å². The van der Waals surface area contributed by atoms with Gasteiger partial charge in [-0.1, -0.05) is 60.1 Å². The molecule has 2 aromatic carbocycles. The number of amides is 1. The van der Waals surface area contributed by atoms with Crippen molar-refractivity contribution in [1.82, 2.24) is 14.7 Å². The first-order chi connectivity index (χ1) is 14.1. The van der Waals surface area contributed by atoms with Crippen molar-refractivity contribution in [2.75, 3.05) is 13.7 Å². The van der Waals surface area contributed by atoms with E-state index in [2.05, 4.69) is 0 Å². The van der Waals surface area contributed by atoms with E-state index in [1.807, 2.05) is 72.5 Å². The Morgan fingerprint density at radius 1 is 1.17 bits per heavy atom. The molecule has 6 heteroatoms. The van der Waals surface area contributed by atoms with Crippen LogP contribution < -0.4 is 0 Å². The van der Waals surface area contributed by atoms with Crippen molar-refractivity contribution in [3.8, 4) is 11.3 Å². The molecule has 1 aromatic heterocycles. The molecular formula is C23H24ClN3O2. The predicted octanol–water partition coefficient (Wildman–Crippen LogP) is 4.39. The maximum atomic E-state index is 12.7. The van der Waals surface area contributed by atoms with Crippen molar-refractivity contribution in [2.24, 2.45) is 0 Å². The van der Waals surface area contributed by atoms with Crippen molar-refractivity contribution < 1.29 is 9.53 Å². The summed E-state index contributed by atoms with van der Waals surface area (Å²) in [6.45, 7) is 1.71. The topological polar surface area (TPSA) is 47.4 Å². The maximum Gasteiger partial charge on any atom is 0.251 e. The zero-order valence-electron chi connectivity index (χ0n) is 16.4. The van der Waals surface area contributed by atoms with E-state index in [0.29, 0.717) is 19.7 Å². The van der Waals surface area contributed by atoms with Gasteiger partial charge in [-0.15, -0.1) is 0 Å². The highest BCUT2D eigenvalue weighted by atomic mass is 35.5. The SMILES string of the molecule is CN(Cc1cn(Cc2ccccc2Cl)nc1-c1ccccc1)C(=O)[C@@H]1CCCO1. The molecule has 1 fully saturated rings. The number of carbonyl (C=O) groups excluding carboxylic acids is 1. The molecule has 1 aliphatic heterocycles. The lowest BCUT2D eigenvalue weighted by molar-refractivity contribution is -0.140. The first-order valence-electron chi connectivity index (χ1n) is 9.83. The number of carbonyl (C=O) groups is 1. The molecular weight excluding hydrogens is 386 g/mol. The molecule has 1 atom stereocenters. The third-order valence-corrected chi connectivity index (χ3v) is 5.53. The molecule has 1 amide bonds. The molecule has 2 heterocycles. The average Bonchev–Trinajstić information content (AvgIpc) is 3.40. The minimum absolute atomic E-state index is 0.0281. The van der Waals surface area contributed by atoms with Crippen LogP contribution in [0, 0.1) is 0 Å². The number of rotatable bonds is 6. The van der Waals surface area contributed by atoms with Crippen LogP contribution in [0.25, 0.3) is 11.3 Å². The van der Waals surface area contributed by atoms with E-state index in [0.717, 1.165) is 40.2 Å². The Hall–Kier alpha value is -2.63. The first-order valence-corrected chi connectivity index (χ1v) is 10.2. The minimum Gasteiger partial charge on any atom is -0.368 e. The Balaban J connectivity index is 1.61. The van der Waals surface area contributed by atoms with Gasteiger partial charge in [-0.05, 0) is 24.5 Å². The number of halogens is 1. The van der Waals surface area contributed by atoms with Crippen molar-refractivity contribution in [1.29, 1.82) is 0 Å². The van der Waals surface area contributed by atoms with Gasteiger partial charge >= 0.3 is 0 Å². The van der Waals surface area contributed by atoms with Crippen LogP contribution in [0.1, 0.15) is 24.0 Å². The molecule has 0 N–H and O–H groups in total. The monoisotopic (exact) mass is 409 g/mol. The molecule has 1 aliphatic rings. The van der Waals surface area contributed by atoms with Gasteiger partial charge in [0.25, 0.3) is 5.91 Å². The fourth-order valence-corrected chi connectivity index (χ4v) is 3.85. The summed E-state index contributed by atoms with van der Waals surface area (Å²) in [6, 6.07) is 17.8. The zero-order chi connectivity index (χ0) is 20.2. The summed E-state index contributed by atoms with van der Waals surface area (Å²) in [7, 11) is 1.82. The summed E-state index contributed by atoms with van der Waals surface area (Å²) in [5.74, 6) is 0.0281. The van der Waals surface area contributed by atoms with E-state index in [1.165, 1.54) is 0 Å². The van der Waals surface area contributed by atoms with Crippen LogP contribution >= 0.6 is 11.6 Å². The molecule has 4 rings (SSSR count). The molecule has 1 saturated heterocycles. The van der Waals surface area contributed by atoms with Crippen LogP contribution in [0.2, 0.25) is 5.02 Å². The van der Waals surface area contributed by atoms with E-state index in [9.17, 15) is 4.79 Å². The highest BCUT2D eigenvalue weighted by Crippen LogP contribution is 2.25. The Morgan fingerprint density at radius 2 is 1.93 bits per heavy atom. The van der Waals surface area contributed by atoms with Crippen LogP contribution in [0.4, 0.5) is 0 Å². The van der Waals surface area contributed by atoms with Crippen molar-refractivity contribution >= 4 is 17.5 Å². The summed E-state index contributed by atoms with van der Waals surface area (Å²) >= 11 is 6.33. The Morgan fingerprint density at radius 3 is 2.66 bits per heavy atom. The predicted molar refractivity (Wildman–Crippen MR) is 114 cm³/mol. The second kappa shape index (κ2) is 8.80. The molecule has 0 spiro atoms. The van der Waals surface area contributed by atoms with Gasteiger partial charge in [0.1, 0.15) is 6.10 Å². The third-order valence-electron chi connectivity index (χ3n) is 5.16. The lowest BCUT2D eigenvalue weighted by Crippen LogP contribution is -2.35. The van der Waals surface area contributed by atoms with Crippen molar-refractivity contribution in [3.05, 3.63) is 76.9 Å². The summed E-state index contributed by atoms with van der Waals surface area (Å²) < 4.78 is 7.45. The summed E-state index contributed by atoms with van der Waals surface area (Å²) in [5.41, 5.74) is 3.91. The maximum absolute atomic E-state index is 12.7. The lowest BCUT2D eigenvalue weighted by Gasteiger charge is -2.20. The van der Waals surface area contributed by atoms with Gasteiger partial charge in [0, 0.05) is 42.5 Å². The zero-order valence-corrected chi connectivity index (χ0v) is 17.2. The highest BCUT2D eigenvalue weighted by molar-refractivity contribution is 6.31. The standard InChI is InChI=1S/C23H24ClN3O2/c1-26(23(28)21-12-7-13-29-21)14-19-16-27(15-18-10-5-6-11-20(18)24)25-22(19)17-8-3-2-4-9-17/h2-6,8-11,16,21H,7,12-15H2,1H3/t21-/m0/s1. The molecule has 0 aliphatic carbocycles. The molecule has 150 valence electrons. The number of benzene rings is 2. The number of hydrogen-bond donors (Lipinski definition) is 0. The normalized spacial score (nSPS) is 16.1. The molecule has 3 aromatic rings. The van der Waals surface area contributed by atoms with E-state index in [1.54, 1.807) is 4.90 Å². The summed E-state index contributed by atoms with van der Waals surface area (Å²) in [6.07, 6.45) is 3.42. The number of nitrogens with zero attached hydrogens (tertiary/aromatic N) is 3. The lowest BCUT2D eigenvalue weighted by atomic mass is 10.1. The van der Waals surface area contributed by atoms with Gasteiger partial charge in [-0.2, -0.15) is 5.10 Å². The number of ether oxygens (including phenoxy) is 1. The van der Waals surface area contributed by atoms with Gasteiger partial charge in [-0.3, -0.25) is 9.48 Å². The van der Waals surface area contributed by atoms with Gasteiger partial charge in [0.2, 0.25) is 0 Å². The molecule has 0 unspecified atom stereocenters. The number of hydrogen-bond acceptors (Lipinski definition) is 3. The Labute approximate surface area is 175 Å². The van der Waals surface area contributed by atoms with E-state index in [-0.39, 0.29) is 12.0 Å². The van der Waals surface area contributed by atoms with E-state index in [4.69, 9.17) is 21.4 Å². The molecule has 29 heavy (non-hydrogen) atoms. The van der Waals surface area contributed by atoms with Gasteiger partial charge < -0.3 is 9.64 Å². The van der Waals surface area contributed by atoms with Gasteiger partial charge in [0.05, 0.1) is 12.2 Å². The van der Waals surface area contributed by atoms with Crippen LogP contribution in [0.5, 0.6) is 0 Å². The first kappa shape index (κ1) is 19.7. The van der Waals surface area contributed by atoms with E-state index >= 15 is 0 Å². The second-order valence-electron chi connectivity index (χ2n) is 7.35. The average molecular weight is 410 g/mol. The Kier molecular flexibility index (Phi) is 5.97. The second-order valence-corrected chi connectivity index (χ2v) is 7.76. The van der Waals surface area contributed by atoms with Gasteiger partial charge in [0.15, 0.2) is 0 Å². The largest absolute Gasteiger partial charge is 0.368 e. The fraction of sp³-hybridized carbons (Fsp3) is 0.304. The van der Waals surface area contributed by atoms with E-state index < -0.39 is 0 Å². The fourth-order valence-electron chi connectivity index (χ4n) is 3.65. The summed E-state index contributed by atoms with van der Waals surface area (Å²) in [5, 5.41) is 5.53. The quantitative estimate of drug-likeness (QED) is 0.606. The number of likely N-dealkylation sites (N-methyl/N-ethyl adjacent to an activating group) is 1. The molecule has 0 saturated carbocycles. The number of aromatic nitrogens is 2. The van der Waals surface area contributed by atoms with Crippen LogP contribution in [-0.2, 0) is 22.6 Å². The van der Waals surface area contributed by atoms with Crippen LogP contribution in [-0.4, -0.2) is 40.3 Å². The highest BCUT2D eigenvalue weighted by Gasteiger charge is 2.27. The molecule has 0 radical (unpaired) electrons. The van der Waals surface area contributed by atoms with Crippen LogP contribution in [0.15, 0.2) is 60.8 Å². The minimum atomic E-state index is -0.321. The van der Waals surface area contributed by atoms with Crippen molar-refractivity contribution in [2.45, 2.75) is 32.0 Å². The van der Waals surface area contributed by atoms with Crippen LogP contribution in [0.3, 0.4) is 0 Å². The molecule has 5 nitrogen and oxygen atoms in total. The van der Waals surface area contributed by atoms with Crippen molar-refractivity contribution in [3.63, 3.8) is 0 Å². The summed E-state index contributed by atoms with van der Waals surface area (Å²) in [4.78, 5) is 14.4. The third kappa shape index (κ3) is 4.52.